The van der Waals surface area contributed by atoms with E-state index in [4.69, 9.17) is 5.84 Å². The zero-order valence-electron chi connectivity index (χ0n) is 13.8. The van der Waals surface area contributed by atoms with Crippen LogP contribution in [0.1, 0.15) is 24.5 Å². The average molecular weight is 337 g/mol. The summed E-state index contributed by atoms with van der Waals surface area (Å²) in [6.45, 7) is 1.70. The average Bonchev–Trinajstić information content (AvgIpc) is 2.64. The highest BCUT2D eigenvalue weighted by Crippen LogP contribution is 2.30. The van der Waals surface area contributed by atoms with Crippen LogP contribution in [0.2, 0.25) is 0 Å². The molecular formula is C19H19N3O3. The normalized spacial score (nSPS) is 11.9. The summed E-state index contributed by atoms with van der Waals surface area (Å²) in [6, 6.07) is 15.5. The molecule has 0 saturated carbocycles. The number of carboxylic acids is 1. The second kappa shape index (κ2) is 8.44. The molecule has 0 fully saturated rings. The molecule has 0 aliphatic rings. The van der Waals surface area contributed by atoms with Gasteiger partial charge in [0.15, 0.2) is 5.78 Å². The monoisotopic (exact) mass is 337 g/mol. The summed E-state index contributed by atoms with van der Waals surface area (Å²) in [7, 11) is 0. The molecule has 25 heavy (non-hydrogen) atoms. The van der Waals surface area contributed by atoms with E-state index in [9.17, 15) is 14.7 Å². The standard InChI is InChI=1S/C19H19N3O3/c1-2-16(23)17(14-9-6-10-15(11-14)21-12-22-20)18(19(24)25)13-7-4-3-5-8-13/h3-12H,2,20H2,1H3,(H,21,22)(H,24,25). The molecule has 0 aromatic heterocycles. The highest BCUT2D eigenvalue weighted by atomic mass is 16.4. The lowest BCUT2D eigenvalue weighted by Crippen LogP contribution is -2.10. The fraction of sp³-hybridized carbons (Fsp3) is 0.105. The number of anilines is 1. The lowest BCUT2D eigenvalue weighted by atomic mass is 9.90. The fourth-order valence-electron chi connectivity index (χ4n) is 2.48. The minimum absolute atomic E-state index is 0.0166. The number of rotatable bonds is 7. The first-order valence-electron chi connectivity index (χ1n) is 7.73. The molecule has 0 aliphatic carbocycles. The summed E-state index contributed by atoms with van der Waals surface area (Å²) in [5, 5.41) is 16.0. The number of nitrogens with one attached hydrogen (secondary N) is 1. The third-order valence-electron chi connectivity index (χ3n) is 3.58. The molecule has 0 radical (unpaired) electrons. The maximum Gasteiger partial charge on any atom is 0.337 e. The van der Waals surface area contributed by atoms with Gasteiger partial charge < -0.3 is 16.3 Å². The van der Waals surface area contributed by atoms with E-state index in [2.05, 4.69) is 10.4 Å². The summed E-state index contributed by atoms with van der Waals surface area (Å²) in [6.07, 6.45) is 1.50. The predicted molar refractivity (Wildman–Crippen MR) is 98.9 cm³/mol. The van der Waals surface area contributed by atoms with Crippen LogP contribution in [0.15, 0.2) is 59.7 Å². The summed E-state index contributed by atoms with van der Waals surface area (Å²) in [4.78, 5) is 24.5. The van der Waals surface area contributed by atoms with Gasteiger partial charge in [-0.2, -0.15) is 5.10 Å². The molecule has 2 aromatic rings. The molecule has 4 N–H and O–H groups in total. The van der Waals surface area contributed by atoms with E-state index < -0.39 is 5.97 Å². The maximum atomic E-state index is 12.6. The maximum absolute atomic E-state index is 12.6. The summed E-state index contributed by atoms with van der Waals surface area (Å²) in [5.74, 6) is 3.68. The van der Waals surface area contributed by atoms with Crippen molar-refractivity contribution in [1.82, 2.24) is 0 Å². The van der Waals surface area contributed by atoms with Crippen molar-refractivity contribution in [2.75, 3.05) is 5.32 Å². The van der Waals surface area contributed by atoms with Crippen LogP contribution in [0.3, 0.4) is 0 Å². The Hall–Kier alpha value is -3.41. The minimum Gasteiger partial charge on any atom is -0.478 e. The molecule has 6 nitrogen and oxygen atoms in total. The largest absolute Gasteiger partial charge is 0.478 e. The molecule has 0 aliphatic heterocycles. The van der Waals surface area contributed by atoms with Crippen LogP contribution in [-0.4, -0.2) is 23.2 Å². The van der Waals surface area contributed by atoms with Gasteiger partial charge in [-0.05, 0) is 23.3 Å². The Morgan fingerprint density at radius 2 is 1.76 bits per heavy atom. The van der Waals surface area contributed by atoms with Crippen LogP contribution in [0.25, 0.3) is 11.1 Å². The molecule has 128 valence electrons. The summed E-state index contributed by atoms with van der Waals surface area (Å²) < 4.78 is 0. The van der Waals surface area contributed by atoms with Gasteiger partial charge >= 0.3 is 5.97 Å². The second-order valence-corrected chi connectivity index (χ2v) is 5.20. The smallest absolute Gasteiger partial charge is 0.337 e. The molecule has 0 atom stereocenters. The molecule has 0 saturated heterocycles. The quantitative estimate of drug-likeness (QED) is 0.180. The number of allylic oxidation sites excluding steroid dienone is 1. The number of aliphatic carboxylic acids is 1. The van der Waals surface area contributed by atoms with E-state index >= 15 is 0 Å². The van der Waals surface area contributed by atoms with Gasteiger partial charge in [0, 0.05) is 17.7 Å². The topological polar surface area (TPSA) is 105 Å². The van der Waals surface area contributed by atoms with Gasteiger partial charge in [0.1, 0.15) is 6.34 Å². The van der Waals surface area contributed by atoms with E-state index in [1.165, 1.54) is 6.34 Å². The Balaban J connectivity index is 2.70. The van der Waals surface area contributed by atoms with Gasteiger partial charge in [-0.25, -0.2) is 4.79 Å². The number of carbonyl (C=O) groups is 2. The van der Waals surface area contributed by atoms with Crippen LogP contribution in [0.5, 0.6) is 0 Å². The molecule has 0 unspecified atom stereocenters. The fourth-order valence-corrected chi connectivity index (χ4v) is 2.48. The van der Waals surface area contributed by atoms with Crippen molar-refractivity contribution in [3.05, 3.63) is 65.7 Å². The summed E-state index contributed by atoms with van der Waals surface area (Å²) in [5.41, 5.74) is 1.80. The molecule has 0 amide bonds. The first-order chi connectivity index (χ1) is 12.1. The number of benzene rings is 2. The van der Waals surface area contributed by atoms with Crippen molar-refractivity contribution in [3.63, 3.8) is 0 Å². The summed E-state index contributed by atoms with van der Waals surface area (Å²) >= 11 is 0. The number of hydrogen-bond acceptors (Lipinski definition) is 4. The van der Waals surface area contributed by atoms with Crippen LogP contribution < -0.4 is 11.2 Å². The van der Waals surface area contributed by atoms with E-state index in [-0.39, 0.29) is 23.4 Å². The molecule has 2 rings (SSSR count). The van der Waals surface area contributed by atoms with Crippen LogP contribution in [0, 0.1) is 0 Å². The van der Waals surface area contributed by atoms with Gasteiger partial charge in [-0.3, -0.25) is 4.79 Å². The molecular weight excluding hydrogens is 318 g/mol. The Morgan fingerprint density at radius 1 is 1.08 bits per heavy atom. The first-order valence-corrected chi connectivity index (χ1v) is 7.73. The van der Waals surface area contributed by atoms with Crippen LogP contribution >= 0.6 is 0 Å². The SMILES string of the molecule is CCC(=O)C(=C(C(=O)O)c1ccccc1)c1cccc(NC=NN)c1. The Labute approximate surface area is 145 Å². The number of nitrogens with zero attached hydrogens (tertiary/aromatic N) is 1. The van der Waals surface area contributed by atoms with Crippen molar-refractivity contribution >= 4 is 34.9 Å². The number of carboxylic acid groups (broad SMARTS) is 1. The van der Waals surface area contributed by atoms with Crippen molar-refractivity contribution in [2.45, 2.75) is 13.3 Å². The van der Waals surface area contributed by atoms with Crippen molar-refractivity contribution in [3.8, 4) is 0 Å². The third-order valence-corrected chi connectivity index (χ3v) is 3.58. The van der Waals surface area contributed by atoms with Crippen molar-refractivity contribution in [2.24, 2.45) is 10.9 Å². The number of nitrogens with two attached hydrogens (primary N) is 1. The Morgan fingerprint density at radius 3 is 2.36 bits per heavy atom. The van der Waals surface area contributed by atoms with Crippen LogP contribution in [0.4, 0.5) is 5.69 Å². The molecule has 0 bridgehead atoms. The zero-order valence-corrected chi connectivity index (χ0v) is 13.8. The highest BCUT2D eigenvalue weighted by Gasteiger charge is 2.22. The lowest BCUT2D eigenvalue weighted by Gasteiger charge is -2.13. The number of Topliss-reactive ketones (excluding diaryl/α,β-unsaturated/α-hetero) is 1. The van der Waals surface area contributed by atoms with E-state index in [1.807, 2.05) is 0 Å². The number of hydrazone groups is 1. The lowest BCUT2D eigenvalue weighted by molar-refractivity contribution is -0.130. The van der Waals surface area contributed by atoms with Gasteiger partial charge in [0.05, 0.1) is 5.57 Å². The molecule has 2 aromatic carbocycles. The second-order valence-electron chi connectivity index (χ2n) is 5.20. The van der Waals surface area contributed by atoms with Gasteiger partial charge in [-0.15, -0.1) is 0 Å². The minimum atomic E-state index is -1.15. The Kier molecular flexibility index (Phi) is 6.06. The number of hydrogen-bond donors (Lipinski definition) is 3. The molecule has 6 heteroatoms. The van der Waals surface area contributed by atoms with Gasteiger partial charge in [0.25, 0.3) is 0 Å². The Bertz CT molecular complexity index is 827. The van der Waals surface area contributed by atoms with E-state index in [1.54, 1.807) is 61.5 Å². The molecule has 0 heterocycles. The van der Waals surface area contributed by atoms with Gasteiger partial charge in [0.2, 0.25) is 0 Å². The van der Waals surface area contributed by atoms with Crippen LogP contribution in [-0.2, 0) is 9.59 Å². The number of carbonyl (C=O) groups excluding carboxylic acids is 1. The third kappa shape index (κ3) is 4.32. The predicted octanol–water partition coefficient (Wildman–Crippen LogP) is 2.98. The van der Waals surface area contributed by atoms with E-state index in [0.717, 1.165) is 0 Å². The van der Waals surface area contributed by atoms with Crippen molar-refractivity contribution in [1.29, 1.82) is 0 Å². The van der Waals surface area contributed by atoms with E-state index in [0.29, 0.717) is 16.8 Å². The van der Waals surface area contributed by atoms with Crippen molar-refractivity contribution < 1.29 is 14.7 Å². The molecule has 0 spiro atoms. The van der Waals surface area contributed by atoms with Gasteiger partial charge in [-0.1, -0.05) is 49.4 Å². The zero-order chi connectivity index (χ0) is 18.2. The first kappa shape index (κ1) is 17.9. The number of ketones is 1. The highest BCUT2D eigenvalue weighted by molar-refractivity contribution is 6.38.